The van der Waals surface area contributed by atoms with E-state index >= 15 is 0 Å². The van der Waals surface area contributed by atoms with Crippen molar-refractivity contribution in [3.8, 4) is 5.75 Å². The fourth-order valence-electron chi connectivity index (χ4n) is 1.83. The predicted molar refractivity (Wildman–Crippen MR) is 83.8 cm³/mol. The van der Waals surface area contributed by atoms with Gasteiger partial charge >= 0.3 is 0 Å². The van der Waals surface area contributed by atoms with Crippen molar-refractivity contribution >= 4 is 23.4 Å². The molecule has 0 aliphatic heterocycles. The SMILES string of the molecule is COc1ccc(NC(=O)CSCc2c(C)noc2C)cc1. The maximum atomic E-state index is 11.9. The van der Waals surface area contributed by atoms with Crippen LogP contribution in [0.15, 0.2) is 28.8 Å². The van der Waals surface area contributed by atoms with Gasteiger partial charge in [0.05, 0.1) is 18.6 Å². The Morgan fingerprint density at radius 1 is 1.33 bits per heavy atom. The standard InChI is InChI=1S/C15H18N2O3S/c1-10-14(11(2)20-17-10)8-21-9-15(18)16-12-4-6-13(19-3)7-5-12/h4-7H,8-9H2,1-3H3,(H,16,18). The van der Waals surface area contributed by atoms with Crippen molar-refractivity contribution in [2.45, 2.75) is 19.6 Å². The molecule has 0 aliphatic rings. The number of carbonyl (C=O) groups is 1. The molecule has 21 heavy (non-hydrogen) atoms. The van der Waals surface area contributed by atoms with Gasteiger partial charge in [-0.25, -0.2) is 0 Å². The zero-order valence-electron chi connectivity index (χ0n) is 12.3. The van der Waals surface area contributed by atoms with Crippen molar-refractivity contribution in [1.82, 2.24) is 5.16 Å². The second-order valence-electron chi connectivity index (χ2n) is 4.57. The highest BCUT2D eigenvalue weighted by molar-refractivity contribution is 7.99. The molecule has 0 bridgehead atoms. The lowest BCUT2D eigenvalue weighted by Gasteiger charge is -2.06. The molecule has 0 atom stereocenters. The van der Waals surface area contributed by atoms with Gasteiger partial charge in [0.1, 0.15) is 11.5 Å². The summed E-state index contributed by atoms with van der Waals surface area (Å²) in [6.45, 7) is 3.79. The summed E-state index contributed by atoms with van der Waals surface area (Å²) < 4.78 is 10.2. The van der Waals surface area contributed by atoms with Gasteiger partial charge < -0.3 is 14.6 Å². The van der Waals surface area contributed by atoms with Gasteiger partial charge in [0.2, 0.25) is 5.91 Å². The number of aromatic nitrogens is 1. The van der Waals surface area contributed by atoms with Gasteiger partial charge in [0, 0.05) is 17.0 Å². The van der Waals surface area contributed by atoms with E-state index in [9.17, 15) is 4.79 Å². The van der Waals surface area contributed by atoms with E-state index in [2.05, 4.69) is 10.5 Å². The van der Waals surface area contributed by atoms with E-state index in [4.69, 9.17) is 9.26 Å². The Labute approximate surface area is 128 Å². The number of methoxy groups -OCH3 is 1. The number of aryl methyl sites for hydroxylation is 2. The Balaban J connectivity index is 1.79. The van der Waals surface area contributed by atoms with E-state index in [0.29, 0.717) is 5.75 Å². The van der Waals surface area contributed by atoms with E-state index in [1.807, 2.05) is 38.1 Å². The van der Waals surface area contributed by atoms with Crippen LogP contribution in [0.1, 0.15) is 17.0 Å². The van der Waals surface area contributed by atoms with E-state index < -0.39 is 0 Å². The molecule has 5 nitrogen and oxygen atoms in total. The van der Waals surface area contributed by atoms with Crippen molar-refractivity contribution in [2.75, 3.05) is 18.2 Å². The summed E-state index contributed by atoms with van der Waals surface area (Å²) in [6, 6.07) is 7.25. The Bertz CT molecular complexity index is 588. The highest BCUT2D eigenvalue weighted by Crippen LogP contribution is 2.20. The quantitative estimate of drug-likeness (QED) is 0.888. The summed E-state index contributed by atoms with van der Waals surface area (Å²) in [5, 5.41) is 6.75. The lowest BCUT2D eigenvalue weighted by Crippen LogP contribution is -2.14. The molecule has 0 aliphatic carbocycles. The van der Waals surface area contributed by atoms with Crippen LogP contribution in [0.2, 0.25) is 0 Å². The highest BCUT2D eigenvalue weighted by atomic mass is 32.2. The Kier molecular flexibility index (Phi) is 5.27. The zero-order chi connectivity index (χ0) is 15.2. The first kappa shape index (κ1) is 15.4. The molecule has 0 radical (unpaired) electrons. The molecule has 0 fully saturated rings. The molecule has 0 saturated heterocycles. The molecular formula is C15H18N2O3S. The molecule has 1 N–H and O–H groups in total. The Hall–Kier alpha value is -1.95. The number of rotatable bonds is 6. The number of anilines is 1. The van der Waals surface area contributed by atoms with Crippen molar-refractivity contribution in [2.24, 2.45) is 0 Å². The first-order valence-electron chi connectivity index (χ1n) is 6.53. The molecule has 1 heterocycles. The van der Waals surface area contributed by atoms with Gasteiger partial charge in [-0.2, -0.15) is 0 Å². The number of carbonyl (C=O) groups excluding carboxylic acids is 1. The molecule has 2 rings (SSSR count). The second-order valence-corrected chi connectivity index (χ2v) is 5.56. The third-order valence-electron chi connectivity index (χ3n) is 3.03. The maximum Gasteiger partial charge on any atom is 0.234 e. The molecule has 112 valence electrons. The van der Waals surface area contributed by atoms with Gasteiger partial charge in [-0.05, 0) is 38.1 Å². The minimum absolute atomic E-state index is 0.0306. The average Bonchev–Trinajstić information content (AvgIpc) is 2.80. The first-order valence-corrected chi connectivity index (χ1v) is 7.69. The van der Waals surface area contributed by atoms with Crippen LogP contribution in [0, 0.1) is 13.8 Å². The van der Waals surface area contributed by atoms with Crippen LogP contribution in [0.5, 0.6) is 5.75 Å². The van der Waals surface area contributed by atoms with Crippen LogP contribution in [-0.2, 0) is 10.5 Å². The third kappa shape index (κ3) is 4.26. The van der Waals surface area contributed by atoms with E-state index in [-0.39, 0.29) is 5.91 Å². The molecule has 2 aromatic rings. The highest BCUT2D eigenvalue weighted by Gasteiger charge is 2.10. The lowest BCUT2D eigenvalue weighted by molar-refractivity contribution is -0.113. The number of nitrogens with zero attached hydrogens (tertiary/aromatic N) is 1. The lowest BCUT2D eigenvalue weighted by atomic mass is 10.2. The molecule has 1 amide bonds. The average molecular weight is 306 g/mol. The van der Waals surface area contributed by atoms with Gasteiger partial charge in [-0.15, -0.1) is 11.8 Å². The number of benzene rings is 1. The smallest absolute Gasteiger partial charge is 0.234 e. The van der Waals surface area contributed by atoms with Crippen LogP contribution >= 0.6 is 11.8 Å². The summed E-state index contributed by atoms with van der Waals surface area (Å²) in [5.41, 5.74) is 2.71. The fraction of sp³-hybridized carbons (Fsp3) is 0.333. The number of hydrogen-bond donors (Lipinski definition) is 1. The molecule has 1 aromatic carbocycles. The van der Waals surface area contributed by atoms with Crippen LogP contribution in [-0.4, -0.2) is 23.9 Å². The van der Waals surface area contributed by atoms with Crippen LogP contribution in [0.25, 0.3) is 0 Å². The molecule has 0 unspecified atom stereocenters. The minimum Gasteiger partial charge on any atom is -0.497 e. The first-order chi connectivity index (χ1) is 10.1. The molecule has 1 aromatic heterocycles. The third-order valence-corrected chi connectivity index (χ3v) is 3.99. The van der Waals surface area contributed by atoms with Crippen LogP contribution < -0.4 is 10.1 Å². The topological polar surface area (TPSA) is 64.4 Å². The van der Waals surface area contributed by atoms with Crippen molar-refractivity contribution in [1.29, 1.82) is 0 Å². The summed E-state index contributed by atoms with van der Waals surface area (Å²) in [6.07, 6.45) is 0. The minimum atomic E-state index is -0.0306. The van der Waals surface area contributed by atoms with Gasteiger partial charge in [0.15, 0.2) is 0 Å². The number of thioether (sulfide) groups is 1. The summed E-state index contributed by atoms with van der Waals surface area (Å²) >= 11 is 1.54. The molecule has 6 heteroatoms. The summed E-state index contributed by atoms with van der Waals surface area (Å²) in [7, 11) is 1.61. The number of hydrogen-bond acceptors (Lipinski definition) is 5. The summed E-state index contributed by atoms with van der Waals surface area (Å²) in [5.74, 6) is 2.65. The number of ether oxygens (including phenoxy) is 1. The normalized spacial score (nSPS) is 10.4. The zero-order valence-corrected chi connectivity index (χ0v) is 13.1. The molecule has 0 spiro atoms. The fourth-order valence-corrected chi connectivity index (χ4v) is 2.80. The van der Waals surface area contributed by atoms with Gasteiger partial charge in [-0.3, -0.25) is 4.79 Å². The van der Waals surface area contributed by atoms with Crippen molar-refractivity contribution < 1.29 is 14.1 Å². The Morgan fingerprint density at radius 3 is 2.62 bits per heavy atom. The number of nitrogens with one attached hydrogen (secondary N) is 1. The maximum absolute atomic E-state index is 11.9. The van der Waals surface area contributed by atoms with Gasteiger partial charge in [0.25, 0.3) is 0 Å². The monoisotopic (exact) mass is 306 g/mol. The Morgan fingerprint density at radius 2 is 2.05 bits per heavy atom. The van der Waals surface area contributed by atoms with Gasteiger partial charge in [-0.1, -0.05) is 5.16 Å². The number of amides is 1. The van der Waals surface area contributed by atoms with Crippen LogP contribution in [0.3, 0.4) is 0 Å². The second kappa shape index (κ2) is 7.17. The molecular weight excluding hydrogens is 288 g/mol. The summed E-state index contributed by atoms with van der Waals surface area (Å²) in [4.78, 5) is 11.9. The molecule has 0 saturated carbocycles. The van der Waals surface area contributed by atoms with Crippen molar-refractivity contribution in [3.05, 3.63) is 41.3 Å². The largest absolute Gasteiger partial charge is 0.497 e. The van der Waals surface area contributed by atoms with E-state index in [1.54, 1.807) is 7.11 Å². The van der Waals surface area contributed by atoms with Crippen LogP contribution in [0.4, 0.5) is 5.69 Å². The predicted octanol–water partition coefficient (Wildman–Crippen LogP) is 3.17. The van der Waals surface area contributed by atoms with E-state index in [1.165, 1.54) is 11.8 Å². The van der Waals surface area contributed by atoms with Crippen molar-refractivity contribution in [3.63, 3.8) is 0 Å². The van der Waals surface area contributed by atoms with E-state index in [0.717, 1.165) is 34.2 Å².